The van der Waals surface area contributed by atoms with Crippen LogP contribution in [0.2, 0.25) is 0 Å². The Kier molecular flexibility index (Phi) is 4.47. The number of anilines is 1. The van der Waals surface area contributed by atoms with Crippen LogP contribution in [0, 0.1) is 0 Å². The first-order valence-electron chi connectivity index (χ1n) is 7.62. The van der Waals surface area contributed by atoms with Gasteiger partial charge in [-0.1, -0.05) is 12.1 Å². The van der Waals surface area contributed by atoms with Gasteiger partial charge in [0.25, 0.3) is 0 Å². The van der Waals surface area contributed by atoms with Crippen molar-refractivity contribution in [1.29, 1.82) is 0 Å². The number of sulfonamides is 1. The van der Waals surface area contributed by atoms with Crippen molar-refractivity contribution < 1.29 is 13.2 Å². The van der Waals surface area contributed by atoms with Crippen LogP contribution >= 0.6 is 0 Å². The van der Waals surface area contributed by atoms with Gasteiger partial charge in [0.1, 0.15) is 4.90 Å². The van der Waals surface area contributed by atoms with Crippen molar-refractivity contribution in [3.63, 3.8) is 0 Å². The van der Waals surface area contributed by atoms with E-state index in [0.717, 1.165) is 45.3 Å². The van der Waals surface area contributed by atoms with Gasteiger partial charge >= 0.3 is 0 Å². The molecule has 1 aromatic rings. The Morgan fingerprint density at radius 1 is 1.19 bits per heavy atom. The first kappa shape index (κ1) is 14.8. The fourth-order valence-corrected chi connectivity index (χ4v) is 4.06. The number of hydrogen-bond acceptors (Lipinski definition) is 4. The van der Waals surface area contributed by atoms with Gasteiger partial charge in [-0.3, -0.25) is 0 Å². The van der Waals surface area contributed by atoms with Gasteiger partial charge in [-0.25, -0.2) is 13.1 Å². The van der Waals surface area contributed by atoms with E-state index in [2.05, 4.69) is 10.0 Å². The smallest absolute Gasteiger partial charge is 0.242 e. The molecule has 1 atom stereocenters. The summed E-state index contributed by atoms with van der Waals surface area (Å²) in [6.07, 6.45) is 5.32. The second kappa shape index (κ2) is 6.34. The fourth-order valence-electron chi connectivity index (χ4n) is 2.57. The molecule has 1 aliphatic carbocycles. The number of para-hydroxylation sites is 1. The normalized spacial score (nSPS) is 22.4. The molecule has 0 bridgehead atoms. The van der Waals surface area contributed by atoms with Crippen molar-refractivity contribution in [3.05, 3.63) is 24.3 Å². The third-order valence-corrected chi connectivity index (χ3v) is 5.46. The maximum Gasteiger partial charge on any atom is 0.242 e. The van der Waals surface area contributed by atoms with Gasteiger partial charge < -0.3 is 10.1 Å². The van der Waals surface area contributed by atoms with Crippen LogP contribution < -0.4 is 10.0 Å². The summed E-state index contributed by atoms with van der Waals surface area (Å²) in [6.45, 7) is 1.57. The molecule has 1 unspecified atom stereocenters. The average Bonchev–Trinajstić information content (AvgIpc) is 3.11. The van der Waals surface area contributed by atoms with Crippen LogP contribution in [0.3, 0.4) is 0 Å². The van der Waals surface area contributed by atoms with E-state index < -0.39 is 10.0 Å². The number of hydrogen-bond donors (Lipinski definition) is 2. The molecule has 0 spiro atoms. The highest BCUT2D eigenvalue weighted by Crippen LogP contribution is 2.26. The molecule has 1 aliphatic heterocycles. The first-order valence-corrected chi connectivity index (χ1v) is 9.10. The van der Waals surface area contributed by atoms with E-state index in [9.17, 15) is 8.42 Å². The molecule has 1 heterocycles. The van der Waals surface area contributed by atoms with Crippen LogP contribution in [0.5, 0.6) is 0 Å². The van der Waals surface area contributed by atoms with Gasteiger partial charge in [0.15, 0.2) is 0 Å². The summed E-state index contributed by atoms with van der Waals surface area (Å²) in [4.78, 5) is 0.337. The van der Waals surface area contributed by atoms with E-state index >= 15 is 0 Å². The Hall–Kier alpha value is -1.11. The lowest BCUT2D eigenvalue weighted by Crippen LogP contribution is -2.26. The SMILES string of the molecule is O=S(=O)(NC1CC1)c1ccccc1NCCC1CCCO1. The zero-order valence-corrected chi connectivity index (χ0v) is 12.9. The molecule has 3 rings (SSSR count). The van der Waals surface area contributed by atoms with Gasteiger partial charge in [0.2, 0.25) is 10.0 Å². The van der Waals surface area contributed by atoms with Crippen molar-refractivity contribution in [1.82, 2.24) is 4.72 Å². The lowest BCUT2D eigenvalue weighted by Gasteiger charge is -2.14. The topological polar surface area (TPSA) is 67.4 Å². The minimum absolute atomic E-state index is 0.120. The number of rotatable bonds is 7. The molecule has 21 heavy (non-hydrogen) atoms. The maximum absolute atomic E-state index is 12.3. The maximum atomic E-state index is 12.3. The third-order valence-electron chi connectivity index (χ3n) is 3.88. The molecule has 0 radical (unpaired) electrons. The average molecular weight is 310 g/mol. The molecular weight excluding hydrogens is 288 g/mol. The second-order valence-corrected chi connectivity index (χ2v) is 7.42. The molecule has 2 N–H and O–H groups in total. The molecule has 5 nitrogen and oxygen atoms in total. The molecular formula is C15H22N2O3S. The van der Waals surface area contributed by atoms with E-state index in [1.165, 1.54) is 0 Å². The van der Waals surface area contributed by atoms with Crippen LogP contribution in [-0.4, -0.2) is 33.7 Å². The predicted octanol–water partition coefficient (Wildman–Crippen LogP) is 2.11. The Morgan fingerprint density at radius 3 is 2.71 bits per heavy atom. The Balaban J connectivity index is 1.64. The van der Waals surface area contributed by atoms with Crippen LogP contribution in [-0.2, 0) is 14.8 Å². The fraction of sp³-hybridized carbons (Fsp3) is 0.600. The van der Waals surface area contributed by atoms with E-state index in [0.29, 0.717) is 16.7 Å². The van der Waals surface area contributed by atoms with Crippen LogP contribution in [0.1, 0.15) is 32.1 Å². The zero-order valence-electron chi connectivity index (χ0n) is 12.0. The molecule has 1 aromatic carbocycles. The lowest BCUT2D eigenvalue weighted by molar-refractivity contribution is 0.107. The number of ether oxygens (including phenoxy) is 1. The van der Waals surface area contributed by atoms with Crippen molar-refractivity contribution in [3.8, 4) is 0 Å². The van der Waals surface area contributed by atoms with Gasteiger partial charge in [-0.2, -0.15) is 0 Å². The highest BCUT2D eigenvalue weighted by Gasteiger charge is 2.29. The van der Waals surface area contributed by atoms with E-state index in [1.807, 2.05) is 12.1 Å². The summed E-state index contributed by atoms with van der Waals surface area (Å²) in [6, 6.07) is 7.20. The van der Waals surface area contributed by atoms with Gasteiger partial charge in [-0.15, -0.1) is 0 Å². The standard InChI is InChI=1S/C15H22N2O3S/c18-21(19,17-12-7-8-12)15-6-2-1-5-14(15)16-10-9-13-4-3-11-20-13/h1-2,5-6,12-13,16-17H,3-4,7-11H2. The van der Waals surface area contributed by atoms with Gasteiger partial charge in [-0.05, 0) is 44.2 Å². The van der Waals surface area contributed by atoms with Crippen molar-refractivity contribution >= 4 is 15.7 Å². The van der Waals surface area contributed by atoms with Gasteiger partial charge in [0, 0.05) is 19.2 Å². The first-order chi connectivity index (χ1) is 10.1. The molecule has 2 fully saturated rings. The summed E-state index contributed by atoms with van der Waals surface area (Å²) >= 11 is 0. The lowest BCUT2D eigenvalue weighted by atomic mass is 10.2. The van der Waals surface area contributed by atoms with Crippen LogP contribution in [0.4, 0.5) is 5.69 Å². The highest BCUT2D eigenvalue weighted by molar-refractivity contribution is 7.89. The summed E-state index contributed by atoms with van der Waals surface area (Å²) in [5.41, 5.74) is 0.670. The summed E-state index contributed by atoms with van der Waals surface area (Å²) < 4.78 is 33.0. The summed E-state index contributed by atoms with van der Waals surface area (Å²) in [5.74, 6) is 0. The monoisotopic (exact) mass is 310 g/mol. The van der Waals surface area contributed by atoms with E-state index in [1.54, 1.807) is 12.1 Å². The number of benzene rings is 1. The van der Waals surface area contributed by atoms with Crippen molar-refractivity contribution in [2.24, 2.45) is 0 Å². The summed E-state index contributed by atoms with van der Waals surface area (Å²) in [5, 5.41) is 3.24. The zero-order chi connectivity index (χ0) is 14.7. The number of nitrogens with one attached hydrogen (secondary N) is 2. The largest absolute Gasteiger partial charge is 0.384 e. The molecule has 116 valence electrons. The minimum atomic E-state index is -3.42. The molecule has 0 amide bonds. The van der Waals surface area contributed by atoms with E-state index in [-0.39, 0.29) is 6.04 Å². The predicted molar refractivity (Wildman–Crippen MR) is 81.9 cm³/mol. The Labute approximate surface area is 126 Å². The minimum Gasteiger partial charge on any atom is -0.384 e. The van der Waals surface area contributed by atoms with Crippen LogP contribution in [0.15, 0.2) is 29.2 Å². The molecule has 1 saturated heterocycles. The van der Waals surface area contributed by atoms with Crippen molar-refractivity contribution in [2.75, 3.05) is 18.5 Å². The second-order valence-electron chi connectivity index (χ2n) is 5.74. The van der Waals surface area contributed by atoms with Crippen molar-refractivity contribution in [2.45, 2.75) is 49.1 Å². The van der Waals surface area contributed by atoms with Gasteiger partial charge in [0.05, 0.1) is 11.8 Å². The quantitative estimate of drug-likeness (QED) is 0.809. The Bertz CT molecular complexity index is 578. The third kappa shape index (κ3) is 3.96. The summed E-state index contributed by atoms with van der Waals surface area (Å²) in [7, 11) is -3.42. The Morgan fingerprint density at radius 2 is 2.00 bits per heavy atom. The molecule has 2 aliphatic rings. The van der Waals surface area contributed by atoms with Crippen LogP contribution in [0.25, 0.3) is 0 Å². The molecule has 1 saturated carbocycles. The molecule has 0 aromatic heterocycles. The van der Waals surface area contributed by atoms with E-state index in [4.69, 9.17) is 4.74 Å². The highest BCUT2D eigenvalue weighted by atomic mass is 32.2. The molecule has 6 heteroatoms.